The fourth-order valence-corrected chi connectivity index (χ4v) is 4.88. The van der Waals surface area contributed by atoms with Gasteiger partial charge in [0.25, 0.3) is 5.91 Å². The van der Waals surface area contributed by atoms with Crippen molar-refractivity contribution >= 4 is 35.2 Å². The van der Waals surface area contributed by atoms with Crippen molar-refractivity contribution in [2.75, 3.05) is 19.6 Å². The summed E-state index contributed by atoms with van der Waals surface area (Å²) in [7, 11) is 0. The number of nitrogens with zero attached hydrogens (tertiary/aromatic N) is 2. The van der Waals surface area contributed by atoms with E-state index in [9.17, 15) is 14.0 Å². The molecule has 1 aliphatic heterocycles. The summed E-state index contributed by atoms with van der Waals surface area (Å²) in [6.45, 7) is 5.07. The molecule has 0 saturated carbocycles. The Bertz CT molecular complexity index is 862. The molecule has 2 aromatic carbocycles. The molecule has 1 saturated heterocycles. The van der Waals surface area contributed by atoms with E-state index >= 15 is 0 Å². The van der Waals surface area contributed by atoms with E-state index in [1.807, 2.05) is 38.1 Å². The Labute approximate surface area is 173 Å². The van der Waals surface area contributed by atoms with Gasteiger partial charge in [0.05, 0.1) is 5.25 Å². The number of amides is 2. The minimum atomic E-state index is -0.379. The van der Waals surface area contributed by atoms with E-state index in [2.05, 4.69) is 0 Å². The first-order valence-corrected chi connectivity index (χ1v) is 10.5. The fraction of sp³-hybridized carbons (Fsp3) is 0.333. The summed E-state index contributed by atoms with van der Waals surface area (Å²) in [6, 6.07) is 13.0. The number of carbonyl (C=O) groups excluding carboxylic acids is 2. The van der Waals surface area contributed by atoms with Gasteiger partial charge < -0.3 is 9.80 Å². The molecule has 2 atom stereocenters. The van der Waals surface area contributed by atoms with Crippen molar-refractivity contribution in [3.63, 3.8) is 0 Å². The summed E-state index contributed by atoms with van der Waals surface area (Å²) >= 11 is 7.91. The second-order valence-corrected chi connectivity index (χ2v) is 8.41. The van der Waals surface area contributed by atoms with Crippen molar-refractivity contribution < 1.29 is 14.0 Å². The van der Waals surface area contributed by atoms with E-state index in [0.29, 0.717) is 30.2 Å². The molecule has 28 heavy (non-hydrogen) atoms. The molecule has 0 aliphatic carbocycles. The molecule has 2 aromatic rings. The van der Waals surface area contributed by atoms with Gasteiger partial charge in [0.15, 0.2) is 0 Å². The van der Waals surface area contributed by atoms with Crippen LogP contribution in [0.5, 0.6) is 0 Å². The smallest absolute Gasteiger partial charge is 0.253 e. The van der Waals surface area contributed by atoms with Gasteiger partial charge in [0, 0.05) is 35.8 Å². The minimum absolute atomic E-state index is 0.0419. The van der Waals surface area contributed by atoms with Crippen LogP contribution in [0, 0.1) is 5.82 Å². The first-order chi connectivity index (χ1) is 13.4. The Hall–Kier alpha value is -2.05. The highest BCUT2D eigenvalue weighted by Crippen LogP contribution is 2.44. The van der Waals surface area contributed by atoms with Gasteiger partial charge in [0.1, 0.15) is 11.2 Å². The SMILES string of the molecule is CCN(CCN1C(=O)[C@H](C)S[C@H]1c1ccccc1Cl)C(=O)c1ccc(F)cc1. The molecule has 1 fully saturated rings. The van der Waals surface area contributed by atoms with Gasteiger partial charge in [-0.3, -0.25) is 9.59 Å². The van der Waals surface area contributed by atoms with Crippen molar-refractivity contribution in [3.05, 3.63) is 70.5 Å². The van der Waals surface area contributed by atoms with Crippen LogP contribution in [0.15, 0.2) is 48.5 Å². The van der Waals surface area contributed by atoms with Gasteiger partial charge in [-0.25, -0.2) is 4.39 Å². The van der Waals surface area contributed by atoms with Gasteiger partial charge in [-0.2, -0.15) is 0 Å². The van der Waals surface area contributed by atoms with Crippen LogP contribution in [0.2, 0.25) is 5.02 Å². The molecule has 4 nitrogen and oxygen atoms in total. The number of rotatable bonds is 6. The molecule has 1 heterocycles. The number of hydrogen-bond acceptors (Lipinski definition) is 3. The molecular formula is C21H22ClFN2O2S. The number of carbonyl (C=O) groups is 2. The minimum Gasteiger partial charge on any atom is -0.337 e. The molecule has 0 bridgehead atoms. The maximum atomic E-state index is 13.1. The van der Waals surface area contributed by atoms with E-state index < -0.39 is 0 Å². The molecule has 2 amide bonds. The van der Waals surface area contributed by atoms with E-state index in [4.69, 9.17) is 11.6 Å². The van der Waals surface area contributed by atoms with Crippen LogP contribution in [-0.4, -0.2) is 46.5 Å². The van der Waals surface area contributed by atoms with E-state index in [-0.39, 0.29) is 28.3 Å². The molecular weight excluding hydrogens is 399 g/mol. The monoisotopic (exact) mass is 420 g/mol. The van der Waals surface area contributed by atoms with Gasteiger partial charge in [-0.1, -0.05) is 29.8 Å². The molecule has 0 N–H and O–H groups in total. The maximum absolute atomic E-state index is 13.1. The summed E-state index contributed by atoms with van der Waals surface area (Å²) in [5.41, 5.74) is 1.33. The van der Waals surface area contributed by atoms with Crippen LogP contribution in [0.1, 0.15) is 35.1 Å². The molecule has 1 aliphatic rings. The normalized spacial score (nSPS) is 19.1. The first kappa shape index (κ1) is 20.7. The zero-order valence-corrected chi connectivity index (χ0v) is 17.3. The van der Waals surface area contributed by atoms with Gasteiger partial charge in [-0.05, 0) is 44.2 Å². The first-order valence-electron chi connectivity index (χ1n) is 9.17. The molecule has 0 aromatic heterocycles. The van der Waals surface area contributed by atoms with Crippen molar-refractivity contribution in [2.45, 2.75) is 24.5 Å². The Morgan fingerprint density at radius 1 is 1.21 bits per heavy atom. The zero-order chi connectivity index (χ0) is 20.3. The van der Waals surface area contributed by atoms with E-state index in [0.717, 1.165) is 5.56 Å². The Morgan fingerprint density at radius 2 is 1.89 bits per heavy atom. The van der Waals surface area contributed by atoms with Crippen molar-refractivity contribution in [3.8, 4) is 0 Å². The second kappa shape index (κ2) is 8.97. The van der Waals surface area contributed by atoms with Gasteiger partial charge in [0.2, 0.25) is 5.91 Å². The Kier molecular flexibility index (Phi) is 6.62. The largest absolute Gasteiger partial charge is 0.337 e. The highest BCUT2D eigenvalue weighted by atomic mass is 35.5. The van der Waals surface area contributed by atoms with Gasteiger partial charge >= 0.3 is 0 Å². The molecule has 3 rings (SSSR count). The number of likely N-dealkylation sites (N-methyl/N-ethyl adjacent to an activating group) is 1. The summed E-state index contributed by atoms with van der Waals surface area (Å²) in [5, 5.41) is 0.293. The topological polar surface area (TPSA) is 40.6 Å². The van der Waals surface area contributed by atoms with E-state index in [1.165, 1.54) is 24.3 Å². The number of benzene rings is 2. The van der Waals surface area contributed by atoms with Gasteiger partial charge in [-0.15, -0.1) is 11.8 Å². The Balaban J connectivity index is 1.74. The lowest BCUT2D eigenvalue weighted by Crippen LogP contribution is -2.40. The second-order valence-electron chi connectivity index (χ2n) is 6.58. The van der Waals surface area contributed by atoms with Crippen LogP contribution in [0.3, 0.4) is 0 Å². The summed E-state index contributed by atoms with van der Waals surface area (Å²) < 4.78 is 13.1. The van der Waals surface area contributed by atoms with Crippen LogP contribution in [0.4, 0.5) is 4.39 Å². The molecule has 148 valence electrons. The third kappa shape index (κ3) is 4.33. The third-order valence-electron chi connectivity index (χ3n) is 4.79. The summed E-state index contributed by atoms with van der Waals surface area (Å²) in [5.74, 6) is -0.514. The van der Waals surface area contributed by atoms with Crippen molar-refractivity contribution in [2.24, 2.45) is 0 Å². The standard InChI is InChI=1S/C21H22ClFN2O2S/c1-3-24(20(27)15-8-10-16(23)11-9-15)12-13-25-19(26)14(2)28-21(25)17-6-4-5-7-18(17)22/h4-11,14,21H,3,12-13H2,1-2H3/t14-,21-/m0/s1. The molecule has 0 radical (unpaired) electrons. The van der Waals surface area contributed by atoms with Crippen molar-refractivity contribution in [1.82, 2.24) is 9.80 Å². The lowest BCUT2D eigenvalue weighted by Gasteiger charge is -2.28. The average molecular weight is 421 g/mol. The quantitative estimate of drug-likeness (QED) is 0.685. The molecule has 0 spiro atoms. The molecule has 0 unspecified atom stereocenters. The zero-order valence-electron chi connectivity index (χ0n) is 15.8. The Morgan fingerprint density at radius 3 is 2.54 bits per heavy atom. The predicted octanol–water partition coefficient (Wildman–Crippen LogP) is 4.60. The number of halogens is 2. The molecule has 7 heteroatoms. The maximum Gasteiger partial charge on any atom is 0.253 e. The van der Waals surface area contributed by atoms with Crippen LogP contribution >= 0.6 is 23.4 Å². The number of hydrogen-bond donors (Lipinski definition) is 0. The highest BCUT2D eigenvalue weighted by Gasteiger charge is 2.39. The fourth-order valence-electron chi connectivity index (χ4n) is 3.22. The van der Waals surface area contributed by atoms with Crippen molar-refractivity contribution in [1.29, 1.82) is 0 Å². The highest BCUT2D eigenvalue weighted by molar-refractivity contribution is 8.01. The lowest BCUT2D eigenvalue weighted by atomic mass is 10.2. The van der Waals surface area contributed by atoms with Crippen LogP contribution in [0.25, 0.3) is 0 Å². The van der Waals surface area contributed by atoms with Crippen LogP contribution in [-0.2, 0) is 4.79 Å². The predicted molar refractivity (Wildman–Crippen MR) is 111 cm³/mol. The summed E-state index contributed by atoms with van der Waals surface area (Å²) in [4.78, 5) is 28.9. The number of thioether (sulfide) groups is 1. The summed E-state index contributed by atoms with van der Waals surface area (Å²) in [6.07, 6.45) is 0. The third-order valence-corrected chi connectivity index (χ3v) is 6.51. The van der Waals surface area contributed by atoms with Crippen LogP contribution < -0.4 is 0 Å². The van der Waals surface area contributed by atoms with E-state index in [1.54, 1.807) is 21.6 Å². The average Bonchev–Trinajstić information content (AvgIpc) is 2.97. The lowest BCUT2D eigenvalue weighted by molar-refractivity contribution is -0.130.